The molecule has 102 valence electrons. The Bertz CT molecular complexity index is 703. The molecule has 0 saturated carbocycles. The smallest absolute Gasteiger partial charge is 0.356 e. The highest BCUT2D eigenvalue weighted by Crippen LogP contribution is 2.22. The summed E-state index contributed by atoms with van der Waals surface area (Å²) in [5.74, 6) is -1.28. The summed E-state index contributed by atoms with van der Waals surface area (Å²) in [6.07, 6.45) is 0.676. The van der Waals surface area contributed by atoms with Crippen LogP contribution in [0, 0.1) is 0 Å². The lowest BCUT2D eigenvalue weighted by Gasteiger charge is -2.02. The van der Waals surface area contributed by atoms with Gasteiger partial charge in [0.2, 0.25) is 0 Å². The number of aromatic carboxylic acids is 1. The molecule has 0 bridgehead atoms. The number of aromatic nitrogens is 3. The van der Waals surface area contributed by atoms with Crippen LogP contribution in [0.15, 0.2) is 15.8 Å². The van der Waals surface area contributed by atoms with Gasteiger partial charge in [-0.2, -0.15) is 5.10 Å². The molecule has 0 amide bonds. The van der Waals surface area contributed by atoms with Crippen LogP contribution in [-0.4, -0.2) is 34.7 Å². The molecule has 0 atom stereocenters. The Morgan fingerprint density at radius 1 is 1.58 bits per heavy atom. The molecule has 8 nitrogen and oxygen atoms in total. The van der Waals surface area contributed by atoms with Gasteiger partial charge in [-0.3, -0.25) is 9.82 Å². The average Bonchev–Trinajstić information content (AvgIpc) is 2.95. The lowest BCUT2D eigenvalue weighted by Crippen LogP contribution is -2.15. The summed E-state index contributed by atoms with van der Waals surface area (Å²) < 4.78 is 25.9. The van der Waals surface area contributed by atoms with Crippen molar-refractivity contribution in [3.05, 3.63) is 23.0 Å². The normalized spacial score (nSPS) is 11.4. The van der Waals surface area contributed by atoms with Crippen LogP contribution < -0.4 is 4.72 Å². The number of nitrogens with zero attached hydrogens (tertiary/aromatic N) is 2. The van der Waals surface area contributed by atoms with Crippen LogP contribution in [0.4, 0.5) is 5.82 Å². The van der Waals surface area contributed by atoms with E-state index in [1.165, 1.54) is 5.51 Å². The predicted octanol–water partition coefficient (Wildman–Crippen LogP) is 0.928. The summed E-state index contributed by atoms with van der Waals surface area (Å²) in [5.41, 5.74) is 1.43. The Morgan fingerprint density at radius 3 is 2.89 bits per heavy atom. The number of hydrogen-bond acceptors (Lipinski definition) is 6. The zero-order valence-corrected chi connectivity index (χ0v) is 11.4. The fourth-order valence-electron chi connectivity index (χ4n) is 1.35. The molecule has 19 heavy (non-hydrogen) atoms. The summed E-state index contributed by atoms with van der Waals surface area (Å²) >= 11 is 0.736. The number of H-pyrrole nitrogens is 1. The molecule has 0 radical (unpaired) electrons. The average molecular weight is 302 g/mol. The summed E-state index contributed by atoms with van der Waals surface area (Å²) in [6.45, 7) is 1.89. The molecule has 0 unspecified atom stereocenters. The minimum absolute atomic E-state index is 0.113. The third kappa shape index (κ3) is 2.74. The van der Waals surface area contributed by atoms with Gasteiger partial charge in [0.15, 0.2) is 15.7 Å². The van der Waals surface area contributed by atoms with E-state index in [1.807, 2.05) is 6.92 Å². The summed E-state index contributed by atoms with van der Waals surface area (Å²) in [5, 5.41) is 15.3. The first kappa shape index (κ1) is 13.5. The molecular weight excluding hydrogens is 292 g/mol. The van der Waals surface area contributed by atoms with E-state index in [0.29, 0.717) is 6.42 Å². The van der Waals surface area contributed by atoms with Gasteiger partial charge in [-0.1, -0.05) is 6.92 Å². The summed E-state index contributed by atoms with van der Waals surface area (Å²) in [7, 11) is -4.00. The van der Waals surface area contributed by atoms with E-state index in [9.17, 15) is 13.2 Å². The highest BCUT2D eigenvalue weighted by molar-refractivity contribution is 7.94. The fourth-order valence-corrected chi connectivity index (χ4v) is 3.48. The van der Waals surface area contributed by atoms with Gasteiger partial charge in [-0.25, -0.2) is 18.2 Å². The van der Waals surface area contributed by atoms with E-state index in [2.05, 4.69) is 19.9 Å². The van der Waals surface area contributed by atoms with E-state index in [0.717, 1.165) is 17.0 Å². The maximum atomic E-state index is 12.0. The SMILES string of the molecule is CCc1cc(NS(=O)(=O)c2scnc2C(=O)O)n[nH]1. The molecular formula is C9H10N4O4S2. The molecule has 0 aliphatic heterocycles. The Morgan fingerprint density at radius 2 is 2.32 bits per heavy atom. The second-order valence-electron chi connectivity index (χ2n) is 3.53. The van der Waals surface area contributed by atoms with E-state index in [1.54, 1.807) is 6.07 Å². The Balaban J connectivity index is 2.32. The fraction of sp³-hybridized carbons (Fsp3) is 0.222. The number of carbonyl (C=O) groups is 1. The van der Waals surface area contributed by atoms with E-state index in [4.69, 9.17) is 5.11 Å². The molecule has 2 rings (SSSR count). The monoisotopic (exact) mass is 302 g/mol. The predicted molar refractivity (Wildman–Crippen MR) is 67.8 cm³/mol. The zero-order chi connectivity index (χ0) is 14.0. The molecule has 3 N–H and O–H groups in total. The number of nitrogens with one attached hydrogen (secondary N) is 2. The van der Waals surface area contributed by atoms with E-state index >= 15 is 0 Å². The Kier molecular flexibility index (Phi) is 3.53. The molecule has 10 heteroatoms. The van der Waals surface area contributed by atoms with Crippen molar-refractivity contribution in [3.63, 3.8) is 0 Å². The third-order valence-electron chi connectivity index (χ3n) is 2.23. The lowest BCUT2D eigenvalue weighted by atomic mass is 10.3. The standard InChI is InChI=1S/C9H10N4O4S2/c1-2-5-3-6(12-11-5)13-19(16,17)9-7(8(14)15)10-4-18-9/h3-4H,2H2,1H3,(H,14,15)(H2,11,12,13). The second-order valence-corrected chi connectivity index (χ2v) is 6.26. The Hall–Kier alpha value is -1.94. The number of carboxylic acids is 1. The van der Waals surface area contributed by atoms with Crippen LogP contribution in [0.2, 0.25) is 0 Å². The number of aryl methyl sites for hydroxylation is 1. The highest BCUT2D eigenvalue weighted by atomic mass is 32.2. The van der Waals surface area contributed by atoms with Crippen molar-refractivity contribution in [2.24, 2.45) is 0 Å². The summed E-state index contributed by atoms with van der Waals surface area (Å²) in [4.78, 5) is 14.4. The topological polar surface area (TPSA) is 125 Å². The van der Waals surface area contributed by atoms with Crippen LogP contribution >= 0.6 is 11.3 Å². The third-order valence-corrected chi connectivity index (χ3v) is 4.96. The van der Waals surface area contributed by atoms with Crippen LogP contribution in [0.3, 0.4) is 0 Å². The van der Waals surface area contributed by atoms with Gasteiger partial charge in [-0.05, 0) is 6.42 Å². The second kappa shape index (κ2) is 4.97. The summed E-state index contributed by atoms with van der Waals surface area (Å²) in [6, 6.07) is 1.54. The van der Waals surface area contributed by atoms with Crippen LogP contribution in [0.5, 0.6) is 0 Å². The van der Waals surface area contributed by atoms with Gasteiger partial charge in [-0.15, -0.1) is 11.3 Å². The minimum Gasteiger partial charge on any atom is -0.476 e. The van der Waals surface area contributed by atoms with Crippen molar-refractivity contribution in [2.75, 3.05) is 4.72 Å². The van der Waals surface area contributed by atoms with E-state index < -0.39 is 21.7 Å². The van der Waals surface area contributed by atoms with Crippen LogP contribution in [-0.2, 0) is 16.4 Å². The van der Waals surface area contributed by atoms with Crippen molar-refractivity contribution in [1.82, 2.24) is 15.2 Å². The molecule has 2 aromatic heterocycles. The van der Waals surface area contributed by atoms with Crippen molar-refractivity contribution >= 4 is 33.1 Å². The number of rotatable bonds is 5. The highest BCUT2D eigenvalue weighted by Gasteiger charge is 2.26. The van der Waals surface area contributed by atoms with Gasteiger partial charge in [0, 0.05) is 11.8 Å². The molecule has 0 saturated heterocycles. The molecule has 2 heterocycles. The number of aromatic amines is 1. The van der Waals surface area contributed by atoms with Crippen molar-refractivity contribution in [1.29, 1.82) is 0 Å². The number of sulfonamides is 1. The van der Waals surface area contributed by atoms with Gasteiger partial charge in [0.1, 0.15) is 0 Å². The zero-order valence-electron chi connectivity index (χ0n) is 9.74. The van der Waals surface area contributed by atoms with Crippen LogP contribution in [0.1, 0.15) is 23.1 Å². The number of anilines is 1. The van der Waals surface area contributed by atoms with Crippen molar-refractivity contribution < 1.29 is 18.3 Å². The van der Waals surface area contributed by atoms with Crippen LogP contribution in [0.25, 0.3) is 0 Å². The molecule has 2 aromatic rings. The maximum Gasteiger partial charge on any atom is 0.356 e. The maximum absolute atomic E-state index is 12.0. The number of hydrogen-bond donors (Lipinski definition) is 3. The first-order valence-corrected chi connectivity index (χ1v) is 7.54. The minimum atomic E-state index is -4.00. The van der Waals surface area contributed by atoms with Crippen molar-refractivity contribution in [3.8, 4) is 0 Å². The quantitative estimate of drug-likeness (QED) is 0.754. The van der Waals surface area contributed by atoms with Gasteiger partial charge < -0.3 is 5.11 Å². The molecule has 0 aromatic carbocycles. The largest absolute Gasteiger partial charge is 0.476 e. The van der Waals surface area contributed by atoms with Crippen molar-refractivity contribution in [2.45, 2.75) is 17.6 Å². The molecule has 0 spiro atoms. The molecule has 0 aliphatic carbocycles. The van der Waals surface area contributed by atoms with Gasteiger partial charge in [0.05, 0.1) is 5.51 Å². The van der Waals surface area contributed by atoms with Gasteiger partial charge >= 0.3 is 5.97 Å². The number of carboxylic acid groups (broad SMARTS) is 1. The molecule has 0 fully saturated rings. The first-order valence-electron chi connectivity index (χ1n) is 5.18. The van der Waals surface area contributed by atoms with E-state index in [-0.39, 0.29) is 10.0 Å². The number of thiazole rings is 1. The molecule has 0 aliphatic rings. The van der Waals surface area contributed by atoms with Gasteiger partial charge in [0.25, 0.3) is 10.0 Å². The Labute approximate surface area is 112 Å². The first-order chi connectivity index (χ1) is 8.94. The lowest BCUT2D eigenvalue weighted by molar-refractivity contribution is 0.0687.